The maximum atomic E-state index is 12.6. The number of aryl methyl sites for hydroxylation is 1. The predicted molar refractivity (Wildman–Crippen MR) is 138 cm³/mol. The molecule has 0 aliphatic heterocycles. The number of carbonyl (C=O) groups excluding carboxylic acids is 2. The third-order valence-corrected chi connectivity index (χ3v) is 5.22. The molecular formula is C28H31N3O5. The molecule has 1 aromatic heterocycles. The number of aromatic nitrogens is 2. The Morgan fingerprint density at radius 2 is 1.78 bits per heavy atom. The molecule has 3 rings (SSSR count). The number of ether oxygens (including phenoxy) is 3. The molecule has 0 spiro atoms. The number of rotatable bonds is 12. The second-order valence-corrected chi connectivity index (χ2v) is 8.57. The molecule has 3 aromatic rings. The number of nitrogens with zero attached hydrogens (tertiary/aromatic N) is 1. The number of esters is 1. The fourth-order valence-electron chi connectivity index (χ4n) is 3.30. The zero-order valence-corrected chi connectivity index (χ0v) is 20.8. The molecule has 0 bridgehead atoms. The quantitative estimate of drug-likeness (QED) is 0.281. The van der Waals surface area contributed by atoms with Crippen molar-refractivity contribution in [3.05, 3.63) is 90.7 Å². The van der Waals surface area contributed by atoms with Crippen molar-refractivity contribution < 1.29 is 23.8 Å². The van der Waals surface area contributed by atoms with Gasteiger partial charge in [0.05, 0.1) is 5.69 Å². The Morgan fingerprint density at radius 1 is 1.06 bits per heavy atom. The lowest BCUT2D eigenvalue weighted by Crippen LogP contribution is -2.40. The van der Waals surface area contributed by atoms with Crippen LogP contribution in [-0.4, -0.2) is 40.9 Å². The highest BCUT2D eigenvalue weighted by atomic mass is 16.6. The molecule has 0 saturated carbocycles. The average molecular weight is 490 g/mol. The van der Waals surface area contributed by atoms with Gasteiger partial charge in [-0.25, -0.2) is 4.79 Å². The average Bonchev–Trinajstić information content (AvgIpc) is 3.36. The Balaban J connectivity index is 1.58. The summed E-state index contributed by atoms with van der Waals surface area (Å²) < 4.78 is 16.5. The van der Waals surface area contributed by atoms with Crippen molar-refractivity contribution in [3.63, 3.8) is 0 Å². The normalized spacial score (nSPS) is 10.9. The third kappa shape index (κ3) is 6.85. The van der Waals surface area contributed by atoms with Gasteiger partial charge in [-0.3, -0.25) is 9.89 Å². The van der Waals surface area contributed by atoms with Crippen LogP contribution >= 0.6 is 0 Å². The Bertz CT molecular complexity index is 1230. The van der Waals surface area contributed by atoms with Gasteiger partial charge in [0.2, 0.25) is 0 Å². The predicted octanol–water partition coefficient (Wildman–Crippen LogP) is 4.77. The molecule has 0 radical (unpaired) electrons. The zero-order valence-electron chi connectivity index (χ0n) is 20.8. The number of hydrogen-bond donors (Lipinski definition) is 2. The van der Waals surface area contributed by atoms with Crippen molar-refractivity contribution in [3.8, 4) is 22.8 Å². The molecule has 8 nitrogen and oxygen atoms in total. The van der Waals surface area contributed by atoms with Gasteiger partial charge >= 0.3 is 5.97 Å². The minimum Gasteiger partial charge on any atom is -0.490 e. The van der Waals surface area contributed by atoms with E-state index < -0.39 is 11.6 Å². The highest BCUT2D eigenvalue weighted by Crippen LogP contribution is 2.25. The van der Waals surface area contributed by atoms with Crippen molar-refractivity contribution in [2.24, 2.45) is 0 Å². The van der Waals surface area contributed by atoms with Crippen molar-refractivity contribution in [1.29, 1.82) is 0 Å². The highest BCUT2D eigenvalue weighted by molar-refractivity contribution is 5.93. The lowest BCUT2D eigenvalue weighted by molar-refractivity contribution is -0.158. The number of nitrogens with one attached hydrogen (secondary N) is 2. The van der Waals surface area contributed by atoms with Gasteiger partial charge in [-0.05, 0) is 68.3 Å². The van der Waals surface area contributed by atoms with Crippen molar-refractivity contribution >= 4 is 11.9 Å². The van der Waals surface area contributed by atoms with Gasteiger partial charge in [0, 0.05) is 12.1 Å². The first kappa shape index (κ1) is 26.3. The summed E-state index contributed by atoms with van der Waals surface area (Å²) in [6, 6.07) is 14.6. The van der Waals surface area contributed by atoms with Crippen molar-refractivity contribution in [2.75, 3.05) is 13.2 Å². The molecule has 0 fully saturated rings. The topological polar surface area (TPSA) is 103 Å². The summed E-state index contributed by atoms with van der Waals surface area (Å²) in [5.41, 5.74) is 2.43. The number of H-pyrrole nitrogens is 1. The van der Waals surface area contributed by atoms with Crippen LogP contribution in [0.4, 0.5) is 0 Å². The van der Waals surface area contributed by atoms with Gasteiger partial charge in [-0.1, -0.05) is 37.4 Å². The number of hydrogen-bond acceptors (Lipinski definition) is 6. The largest absolute Gasteiger partial charge is 0.490 e. The van der Waals surface area contributed by atoms with Crippen LogP contribution in [0.2, 0.25) is 0 Å². The van der Waals surface area contributed by atoms with Crippen LogP contribution in [-0.2, 0) is 16.1 Å². The smallest absolute Gasteiger partial charge is 0.350 e. The Labute approximate surface area is 211 Å². The monoisotopic (exact) mass is 489 g/mol. The van der Waals surface area contributed by atoms with Crippen molar-refractivity contribution in [2.45, 2.75) is 32.9 Å². The van der Waals surface area contributed by atoms with Gasteiger partial charge in [-0.2, -0.15) is 5.10 Å². The first-order chi connectivity index (χ1) is 17.2. The number of aromatic amines is 1. The molecule has 0 atom stereocenters. The summed E-state index contributed by atoms with van der Waals surface area (Å²) in [4.78, 5) is 24.8. The lowest BCUT2D eigenvalue weighted by Gasteiger charge is -2.25. The molecule has 188 valence electrons. The van der Waals surface area contributed by atoms with E-state index in [1.807, 2.05) is 43.3 Å². The molecule has 0 aliphatic rings. The van der Waals surface area contributed by atoms with E-state index in [2.05, 4.69) is 28.7 Å². The maximum Gasteiger partial charge on any atom is 0.350 e. The minimum atomic E-state index is -1.15. The van der Waals surface area contributed by atoms with E-state index in [1.165, 1.54) is 6.08 Å². The molecule has 2 N–H and O–H groups in total. The van der Waals surface area contributed by atoms with Crippen LogP contribution < -0.4 is 14.8 Å². The summed E-state index contributed by atoms with van der Waals surface area (Å²) in [7, 11) is 0. The van der Waals surface area contributed by atoms with Gasteiger partial charge in [-0.15, -0.1) is 0 Å². The summed E-state index contributed by atoms with van der Waals surface area (Å²) in [6.07, 6.45) is 3.19. The van der Waals surface area contributed by atoms with Gasteiger partial charge in [0.1, 0.15) is 30.4 Å². The van der Waals surface area contributed by atoms with E-state index in [0.717, 1.165) is 22.4 Å². The van der Waals surface area contributed by atoms with Crippen molar-refractivity contribution in [1.82, 2.24) is 15.5 Å². The fourth-order valence-corrected chi connectivity index (χ4v) is 3.30. The zero-order chi connectivity index (χ0) is 26.1. The minimum absolute atomic E-state index is 0.123. The van der Waals surface area contributed by atoms with E-state index in [1.54, 1.807) is 32.1 Å². The van der Waals surface area contributed by atoms with E-state index in [9.17, 15) is 9.59 Å². The van der Waals surface area contributed by atoms with Crippen LogP contribution in [0.1, 0.15) is 35.5 Å². The third-order valence-electron chi connectivity index (χ3n) is 5.22. The van der Waals surface area contributed by atoms with Crippen LogP contribution in [0.15, 0.2) is 73.8 Å². The lowest BCUT2D eigenvalue weighted by atomic mass is 10.1. The Hall–Kier alpha value is -4.33. The second-order valence-electron chi connectivity index (χ2n) is 8.57. The van der Waals surface area contributed by atoms with Crippen LogP contribution in [0.3, 0.4) is 0 Å². The number of carbonyl (C=O) groups is 2. The van der Waals surface area contributed by atoms with E-state index >= 15 is 0 Å². The van der Waals surface area contributed by atoms with Gasteiger partial charge in [0.15, 0.2) is 5.60 Å². The van der Waals surface area contributed by atoms with Gasteiger partial charge < -0.3 is 19.5 Å². The maximum absolute atomic E-state index is 12.6. The molecule has 0 unspecified atom stereocenters. The van der Waals surface area contributed by atoms with E-state index in [4.69, 9.17) is 14.2 Å². The molecule has 0 aliphatic carbocycles. The first-order valence-corrected chi connectivity index (χ1v) is 11.5. The molecule has 2 aromatic carbocycles. The fraction of sp³-hybridized carbons (Fsp3) is 0.250. The second kappa shape index (κ2) is 11.9. The van der Waals surface area contributed by atoms with Gasteiger partial charge in [0.25, 0.3) is 5.91 Å². The SMILES string of the molecule is C=CCOC(=O)C(C)(C)Oc1ccc(CNC(=O)c2cc(-c3ccc(OCC=C)cc3)n[nH]2)cc1C. The van der Waals surface area contributed by atoms with E-state index in [-0.39, 0.29) is 12.5 Å². The molecule has 0 saturated heterocycles. The van der Waals surface area contributed by atoms with E-state index in [0.29, 0.717) is 30.3 Å². The molecule has 1 amide bonds. The summed E-state index contributed by atoms with van der Waals surface area (Å²) in [6.45, 7) is 13.2. The molecule has 1 heterocycles. The molecule has 36 heavy (non-hydrogen) atoms. The van der Waals surface area contributed by atoms with Crippen LogP contribution in [0.5, 0.6) is 11.5 Å². The summed E-state index contributed by atoms with van der Waals surface area (Å²) in [5, 5.41) is 9.91. The van der Waals surface area contributed by atoms with Crippen LogP contribution in [0.25, 0.3) is 11.3 Å². The first-order valence-electron chi connectivity index (χ1n) is 11.5. The highest BCUT2D eigenvalue weighted by Gasteiger charge is 2.32. The molecule has 8 heteroatoms. The Morgan fingerprint density at radius 3 is 2.44 bits per heavy atom. The summed E-state index contributed by atoms with van der Waals surface area (Å²) in [5.74, 6) is 0.539. The summed E-state index contributed by atoms with van der Waals surface area (Å²) >= 11 is 0. The Kier molecular flexibility index (Phi) is 8.67. The standard InChI is InChI=1S/C28H31N3O5/c1-6-14-34-22-11-9-21(10-12-22)23-17-24(31-30-23)26(32)29-18-20-8-13-25(19(3)16-20)36-28(4,5)27(33)35-15-7-2/h6-13,16-17H,1-2,14-15,18H2,3-5H3,(H,29,32)(H,30,31). The number of amides is 1. The molecular weight excluding hydrogens is 458 g/mol. The van der Waals surface area contributed by atoms with Crippen LogP contribution in [0, 0.1) is 6.92 Å². The number of benzene rings is 2.